The first-order valence-corrected chi connectivity index (χ1v) is 13.3. The Morgan fingerprint density at radius 3 is 2.24 bits per heavy atom. The predicted molar refractivity (Wildman–Crippen MR) is 160 cm³/mol. The van der Waals surface area contributed by atoms with E-state index < -0.39 is 10.8 Å². The second-order valence-electron chi connectivity index (χ2n) is 10.5. The van der Waals surface area contributed by atoms with Crippen molar-refractivity contribution in [2.24, 2.45) is 11.3 Å². The van der Waals surface area contributed by atoms with Crippen molar-refractivity contribution in [1.82, 2.24) is 9.97 Å². The van der Waals surface area contributed by atoms with Crippen LogP contribution in [0.1, 0.15) is 78.4 Å². The van der Waals surface area contributed by atoms with E-state index in [0.29, 0.717) is 39.9 Å². The van der Waals surface area contributed by atoms with Crippen LogP contribution in [0.2, 0.25) is 0 Å². The van der Waals surface area contributed by atoms with Crippen molar-refractivity contribution < 1.29 is 9.59 Å². The van der Waals surface area contributed by atoms with E-state index in [9.17, 15) is 9.59 Å². The van der Waals surface area contributed by atoms with Crippen LogP contribution in [0.4, 0.5) is 5.82 Å². The van der Waals surface area contributed by atoms with Gasteiger partial charge in [-0.15, -0.1) is 11.8 Å². The van der Waals surface area contributed by atoms with Crippen LogP contribution in [0.25, 0.3) is 5.57 Å². The number of thioether (sulfide) groups is 1. The van der Waals surface area contributed by atoms with Crippen molar-refractivity contribution in [2.45, 2.75) is 73.6 Å². The fourth-order valence-electron chi connectivity index (χ4n) is 4.06. The first-order valence-electron chi connectivity index (χ1n) is 12.5. The zero-order valence-electron chi connectivity index (χ0n) is 23.8. The molecule has 200 valence electrons. The lowest BCUT2D eigenvalue weighted by molar-refractivity contribution is -0.114. The summed E-state index contributed by atoms with van der Waals surface area (Å²) in [6.07, 6.45) is 8.94. The Balaban J connectivity index is 3.49. The first-order chi connectivity index (χ1) is 17.2. The zero-order chi connectivity index (χ0) is 28.6. The highest BCUT2D eigenvalue weighted by Crippen LogP contribution is 2.41. The van der Waals surface area contributed by atoms with Crippen molar-refractivity contribution in [3.05, 3.63) is 82.1 Å². The van der Waals surface area contributed by atoms with Crippen molar-refractivity contribution in [3.63, 3.8) is 0 Å². The standard InChI is InChI=1S/C31H43N3O2S/c1-12-14-15-26(22(5)21(4)13-2)23(6)29-33-24(7)27(28(32)34-29)31(11,19-36)25(8)37-17-20(3)16-30(9,10)18-35/h12,14-15,17-19,21H,1,6,8,13,16H2,2-5,7,9-11H3,(H2,32,33,34)/b15-14-,20-17+,26-22-/t21-,31+/m1/s1. The second-order valence-corrected chi connectivity index (χ2v) is 11.4. The highest BCUT2D eigenvalue weighted by molar-refractivity contribution is 8.05. The van der Waals surface area contributed by atoms with Crippen LogP contribution in [0.5, 0.6) is 0 Å². The van der Waals surface area contributed by atoms with Crippen LogP contribution >= 0.6 is 11.8 Å². The summed E-state index contributed by atoms with van der Waals surface area (Å²) in [6.45, 7) is 28.0. The maximum atomic E-state index is 12.4. The van der Waals surface area contributed by atoms with E-state index in [0.717, 1.165) is 30.1 Å². The molecule has 1 aromatic rings. The molecular weight excluding hydrogens is 478 g/mol. The third kappa shape index (κ3) is 8.00. The number of hydrogen-bond donors (Lipinski definition) is 1. The molecule has 1 rings (SSSR count). The van der Waals surface area contributed by atoms with Gasteiger partial charge in [-0.3, -0.25) is 0 Å². The van der Waals surface area contributed by atoms with Gasteiger partial charge in [0.05, 0.1) is 5.41 Å². The SMILES string of the molecule is C=C/C=C\C(C(=C)c1nc(C)c([C@@](C)(C=O)C(=C)S/C=C(\C)CC(C)(C)C=O)c(N)n1)=C(/C)[C@H](C)CC. The number of carbonyl (C=O) groups excluding carboxylic acids is 2. The van der Waals surface area contributed by atoms with Gasteiger partial charge in [0, 0.05) is 22.2 Å². The molecule has 0 aliphatic rings. The molecule has 0 saturated carbocycles. The molecule has 0 aliphatic carbocycles. The van der Waals surface area contributed by atoms with Gasteiger partial charge in [0.25, 0.3) is 0 Å². The van der Waals surface area contributed by atoms with Crippen LogP contribution in [-0.2, 0) is 15.0 Å². The summed E-state index contributed by atoms with van der Waals surface area (Å²) in [6, 6.07) is 0. The normalized spacial score (nSPS) is 15.5. The van der Waals surface area contributed by atoms with E-state index in [2.05, 4.69) is 45.5 Å². The van der Waals surface area contributed by atoms with Gasteiger partial charge < -0.3 is 15.3 Å². The minimum Gasteiger partial charge on any atom is -0.383 e. The predicted octanol–water partition coefficient (Wildman–Crippen LogP) is 7.71. The molecule has 37 heavy (non-hydrogen) atoms. The van der Waals surface area contributed by atoms with E-state index >= 15 is 0 Å². The van der Waals surface area contributed by atoms with Crippen LogP contribution in [0.15, 0.2) is 65.0 Å². The number of allylic oxidation sites excluding steroid dienone is 8. The molecule has 0 fully saturated rings. The zero-order valence-corrected chi connectivity index (χ0v) is 24.6. The van der Waals surface area contributed by atoms with E-state index in [-0.39, 0.29) is 5.82 Å². The third-order valence-corrected chi connectivity index (χ3v) is 7.91. The van der Waals surface area contributed by atoms with Crippen LogP contribution in [0, 0.1) is 18.3 Å². The number of nitrogens with zero attached hydrogens (tertiary/aromatic N) is 2. The third-order valence-electron chi connectivity index (χ3n) is 6.68. The van der Waals surface area contributed by atoms with E-state index in [4.69, 9.17) is 10.7 Å². The Bertz CT molecular complexity index is 1130. The average molecular weight is 522 g/mol. The highest BCUT2D eigenvalue weighted by atomic mass is 32.2. The van der Waals surface area contributed by atoms with Crippen LogP contribution < -0.4 is 5.73 Å². The molecule has 1 heterocycles. The minimum absolute atomic E-state index is 0.219. The largest absolute Gasteiger partial charge is 0.383 e. The fourth-order valence-corrected chi connectivity index (χ4v) is 4.88. The maximum Gasteiger partial charge on any atom is 0.161 e. The Hall–Kier alpha value is -2.99. The number of nitrogen functional groups attached to an aromatic ring is 1. The van der Waals surface area contributed by atoms with Crippen molar-refractivity contribution in [2.75, 3.05) is 5.73 Å². The summed E-state index contributed by atoms with van der Waals surface area (Å²) in [5.74, 6) is 0.991. The van der Waals surface area contributed by atoms with Gasteiger partial charge in [-0.2, -0.15) is 0 Å². The number of nitrogens with two attached hydrogens (primary N) is 1. The Morgan fingerprint density at radius 2 is 1.76 bits per heavy atom. The highest BCUT2D eigenvalue weighted by Gasteiger charge is 2.35. The summed E-state index contributed by atoms with van der Waals surface area (Å²) in [5, 5.41) is 1.93. The average Bonchev–Trinajstić information content (AvgIpc) is 2.85. The molecule has 0 spiro atoms. The fraction of sp³-hybridized carbons (Fsp3) is 0.419. The van der Waals surface area contributed by atoms with Crippen molar-refractivity contribution in [1.29, 1.82) is 0 Å². The Morgan fingerprint density at radius 1 is 1.14 bits per heavy atom. The number of aldehydes is 2. The van der Waals surface area contributed by atoms with Gasteiger partial charge in [-0.1, -0.05) is 76.8 Å². The molecule has 0 unspecified atom stereocenters. The number of carbonyl (C=O) groups is 2. The molecule has 2 atom stereocenters. The quantitative estimate of drug-likeness (QED) is 0.199. The van der Waals surface area contributed by atoms with E-state index in [1.54, 1.807) is 13.0 Å². The Kier molecular flexibility index (Phi) is 11.7. The monoisotopic (exact) mass is 521 g/mol. The Labute approximate surface area is 227 Å². The lowest BCUT2D eigenvalue weighted by Crippen LogP contribution is -2.29. The molecule has 2 N–H and O–H groups in total. The summed E-state index contributed by atoms with van der Waals surface area (Å²) in [5.41, 5.74) is 9.84. The number of anilines is 1. The van der Waals surface area contributed by atoms with Crippen LogP contribution in [-0.4, -0.2) is 22.5 Å². The molecule has 0 bridgehead atoms. The molecule has 0 aliphatic heterocycles. The maximum absolute atomic E-state index is 12.4. The molecular formula is C31H43N3O2S. The minimum atomic E-state index is -1.11. The molecule has 0 amide bonds. The topological polar surface area (TPSA) is 85.9 Å². The lowest BCUT2D eigenvalue weighted by Gasteiger charge is -2.28. The summed E-state index contributed by atoms with van der Waals surface area (Å²) in [7, 11) is 0. The van der Waals surface area contributed by atoms with E-state index in [1.165, 1.54) is 17.3 Å². The molecule has 5 nitrogen and oxygen atoms in total. The van der Waals surface area contributed by atoms with Crippen molar-refractivity contribution >= 4 is 35.7 Å². The molecule has 1 aromatic heterocycles. The van der Waals surface area contributed by atoms with Gasteiger partial charge >= 0.3 is 0 Å². The lowest BCUT2D eigenvalue weighted by atomic mass is 9.82. The van der Waals surface area contributed by atoms with Gasteiger partial charge in [0.2, 0.25) is 0 Å². The summed E-state index contributed by atoms with van der Waals surface area (Å²) in [4.78, 5) is 33.6. The summed E-state index contributed by atoms with van der Waals surface area (Å²) < 4.78 is 0. The van der Waals surface area contributed by atoms with E-state index in [1.807, 2.05) is 45.3 Å². The first kappa shape index (κ1) is 32.0. The second kappa shape index (κ2) is 13.5. The van der Waals surface area contributed by atoms with Gasteiger partial charge in [0.15, 0.2) is 5.82 Å². The number of hydrogen-bond acceptors (Lipinski definition) is 6. The smallest absolute Gasteiger partial charge is 0.161 e. The molecule has 0 saturated heterocycles. The molecule has 6 heteroatoms. The van der Waals surface area contributed by atoms with Crippen molar-refractivity contribution in [3.8, 4) is 0 Å². The van der Waals surface area contributed by atoms with Gasteiger partial charge in [-0.25, -0.2) is 9.97 Å². The number of aryl methyl sites for hydroxylation is 1. The molecule has 0 aromatic carbocycles. The van der Waals surface area contributed by atoms with Gasteiger partial charge in [-0.05, 0) is 62.3 Å². The van der Waals surface area contributed by atoms with Gasteiger partial charge in [0.1, 0.15) is 18.4 Å². The molecule has 0 radical (unpaired) electrons. The summed E-state index contributed by atoms with van der Waals surface area (Å²) >= 11 is 1.36. The number of aromatic nitrogens is 2. The number of rotatable bonds is 14. The van der Waals surface area contributed by atoms with Crippen LogP contribution in [0.3, 0.4) is 0 Å².